The highest BCUT2D eigenvalue weighted by molar-refractivity contribution is 5.35. The van der Waals surface area contributed by atoms with Gasteiger partial charge in [0.05, 0.1) is 6.10 Å². The number of hydrogen-bond donors (Lipinski definition) is 1. The number of hydrogen-bond acceptors (Lipinski definition) is 1. The summed E-state index contributed by atoms with van der Waals surface area (Å²) in [5, 5.41) is 10.2. The van der Waals surface area contributed by atoms with E-state index < -0.39 is 0 Å². The first-order chi connectivity index (χ1) is 9.56. The smallest absolute Gasteiger partial charge is 0.0582 e. The standard InChI is InChI=1S/C19H28O/c1-19(2)11-14(20)10-13-7-8-16-15-5-3-4-12(15)6-9-17(16)18(13)19/h7-8,12,14-15,17-18,20H,3-6,9-11H2,1-2H3. The molecule has 0 radical (unpaired) electrons. The van der Waals surface area contributed by atoms with Crippen molar-refractivity contribution in [3.8, 4) is 0 Å². The van der Waals surface area contributed by atoms with Crippen molar-refractivity contribution in [2.45, 2.75) is 64.9 Å². The summed E-state index contributed by atoms with van der Waals surface area (Å²) in [6, 6.07) is 0. The third kappa shape index (κ3) is 1.85. The lowest BCUT2D eigenvalue weighted by Gasteiger charge is -2.51. The predicted molar refractivity (Wildman–Crippen MR) is 82.2 cm³/mol. The zero-order chi connectivity index (χ0) is 13.9. The first-order valence-corrected chi connectivity index (χ1v) is 8.65. The summed E-state index contributed by atoms with van der Waals surface area (Å²) in [5.74, 6) is 3.38. The summed E-state index contributed by atoms with van der Waals surface area (Å²) in [5.41, 5.74) is 3.59. The van der Waals surface area contributed by atoms with Crippen LogP contribution in [0.4, 0.5) is 0 Å². The quantitative estimate of drug-likeness (QED) is 0.689. The fourth-order valence-corrected chi connectivity index (χ4v) is 6.15. The Morgan fingerprint density at radius 2 is 1.90 bits per heavy atom. The second-order valence-corrected chi connectivity index (χ2v) is 8.42. The van der Waals surface area contributed by atoms with Crippen molar-refractivity contribution in [2.75, 3.05) is 0 Å². The zero-order valence-electron chi connectivity index (χ0n) is 12.9. The fourth-order valence-electron chi connectivity index (χ4n) is 6.15. The second kappa shape index (κ2) is 4.47. The van der Waals surface area contributed by atoms with Crippen molar-refractivity contribution in [3.63, 3.8) is 0 Å². The van der Waals surface area contributed by atoms with Crippen LogP contribution in [0.3, 0.4) is 0 Å². The van der Waals surface area contributed by atoms with E-state index in [4.69, 9.17) is 0 Å². The van der Waals surface area contributed by atoms with Crippen LogP contribution in [0.2, 0.25) is 0 Å². The van der Waals surface area contributed by atoms with Gasteiger partial charge in [0, 0.05) is 0 Å². The Morgan fingerprint density at radius 3 is 2.75 bits per heavy atom. The fraction of sp³-hybridized carbons (Fsp3) is 0.789. The first kappa shape index (κ1) is 13.1. The molecule has 0 aromatic heterocycles. The molecule has 3 saturated carbocycles. The molecule has 20 heavy (non-hydrogen) atoms. The molecule has 0 amide bonds. The molecule has 0 heterocycles. The Kier molecular flexibility index (Phi) is 2.93. The average molecular weight is 272 g/mol. The van der Waals surface area contributed by atoms with Gasteiger partial charge in [-0.3, -0.25) is 0 Å². The molecular weight excluding hydrogens is 244 g/mol. The van der Waals surface area contributed by atoms with Gasteiger partial charge in [-0.1, -0.05) is 43.6 Å². The van der Waals surface area contributed by atoms with Crippen molar-refractivity contribution < 1.29 is 5.11 Å². The first-order valence-electron chi connectivity index (χ1n) is 8.65. The topological polar surface area (TPSA) is 20.2 Å². The van der Waals surface area contributed by atoms with E-state index in [1.54, 1.807) is 11.1 Å². The molecule has 0 saturated heterocycles. The van der Waals surface area contributed by atoms with E-state index in [-0.39, 0.29) is 11.5 Å². The van der Waals surface area contributed by atoms with Crippen LogP contribution >= 0.6 is 0 Å². The van der Waals surface area contributed by atoms with Crippen LogP contribution < -0.4 is 0 Å². The van der Waals surface area contributed by atoms with Crippen LogP contribution in [0.1, 0.15) is 58.8 Å². The minimum absolute atomic E-state index is 0.120. The highest BCUT2D eigenvalue weighted by Gasteiger charge is 2.49. The minimum Gasteiger partial charge on any atom is -0.393 e. The predicted octanol–water partition coefficient (Wildman–Crippen LogP) is 4.48. The van der Waals surface area contributed by atoms with Gasteiger partial charge < -0.3 is 5.11 Å². The normalized spacial score (nSPS) is 45.9. The molecule has 110 valence electrons. The maximum atomic E-state index is 10.2. The van der Waals surface area contributed by atoms with Crippen LogP contribution in [0, 0.1) is 29.1 Å². The number of aliphatic hydroxyl groups excluding tert-OH is 1. The molecule has 5 atom stereocenters. The molecule has 0 aliphatic heterocycles. The highest BCUT2D eigenvalue weighted by Crippen LogP contribution is 2.58. The molecule has 1 N–H and O–H groups in total. The Balaban J connectivity index is 1.72. The summed E-state index contributed by atoms with van der Waals surface area (Å²) >= 11 is 0. The Bertz CT molecular complexity index is 470. The molecule has 1 heteroatoms. The van der Waals surface area contributed by atoms with Crippen LogP contribution in [-0.4, -0.2) is 11.2 Å². The summed E-state index contributed by atoms with van der Waals surface area (Å²) < 4.78 is 0. The van der Waals surface area contributed by atoms with E-state index in [0.29, 0.717) is 5.92 Å². The molecule has 0 aromatic rings. The molecule has 3 fully saturated rings. The van der Waals surface area contributed by atoms with Crippen molar-refractivity contribution in [3.05, 3.63) is 23.3 Å². The minimum atomic E-state index is -0.120. The Morgan fingerprint density at radius 1 is 1.05 bits per heavy atom. The van der Waals surface area contributed by atoms with Gasteiger partial charge in [0.2, 0.25) is 0 Å². The lowest BCUT2D eigenvalue weighted by atomic mass is 9.54. The van der Waals surface area contributed by atoms with Crippen LogP contribution in [0.5, 0.6) is 0 Å². The molecule has 0 bridgehead atoms. The molecule has 0 aromatic carbocycles. The van der Waals surface area contributed by atoms with E-state index in [0.717, 1.165) is 30.6 Å². The van der Waals surface area contributed by atoms with Crippen molar-refractivity contribution in [1.82, 2.24) is 0 Å². The van der Waals surface area contributed by atoms with Crippen LogP contribution in [-0.2, 0) is 0 Å². The number of rotatable bonds is 0. The van der Waals surface area contributed by atoms with Gasteiger partial charge in [0.1, 0.15) is 0 Å². The molecule has 4 aliphatic rings. The maximum Gasteiger partial charge on any atom is 0.0582 e. The Labute approximate surface area is 123 Å². The van der Waals surface area contributed by atoms with Gasteiger partial charge >= 0.3 is 0 Å². The number of fused-ring (bicyclic) bond motifs is 5. The van der Waals surface area contributed by atoms with Crippen molar-refractivity contribution in [2.24, 2.45) is 29.1 Å². The monoisotopic (exact) mass is 272 g/mol. The summed E-state index contributed by atoms with van der Waals surface area (Å²) in [6.07, 6.45) is 13.8. The van der Waals surface area contributed by atoms with Crippen molar-refractivity contribution >= 4 is 0 Å². The zero-order valence-corrected chi connectivity index (χ0v) is 12.9. The molecule has 0 spiro atoms. The molecule has 4 rings (SSSR count). The van der Waals surface area contributed by atoms with Gasteiger partial charge in [0.25, 0.3) is 0 Å². The average Bonchev–Trinajstić information content (AvgIpc) is 2.84. The van der Waals surface area contributed by atoms with Crippen molar-refractivity contribution in [1.29, 1.82) is 0 Å². The summed E-state index contributed by atoms with van der Waals surface area (Å²) in [4.78, 5) is 0. The van der Waals surface area contributed by atoms with Gasteiger partial charge in [-0.2, -0.15) is 0 Å². The van der Waals surface area contributed by atoms with E-state index >= 15 is 0 Å². The summed E-state index contributed by atoms with van der Waals surface area (Å²) in [6.45, 7) is 4.77. The maximum absolute atomic E-state index is 10.2. The lowest BCUT2D eigenvalue weighted by Crippen LogP contribution is -2.44. The summed E-state index contributed by atoms with van der Waals surface area (Å²) in [7, 11) is 0. The lowest BCUT2D eigenvalue weighted by molar-refractivity contribution is 0.0292. The van der Waals surface area contributed by atoms with E-state index in [9.17, 15) is 5.11 Å². The van der Waals surface area contributed by atoms with E-state index in [1.807, 2.05) is 0 Å². The molecule has 4 aliphatic carbocycles. The third-order valence-electron chi connectivity index (χ3n) is 6.73. The van der Waals surface area contributed by atoms with Crippen LogP contribution in [0.25, 0.3) is 0 Å². The van der Waals surface area contributed by atoms with Crippen LogP contribution in [0.15, 0.2) is 23.3 Å². The van der Waals surface area contributed by atoms with E-state index in [1.165, 1.54) is 32.1 Å². The SMILES string of the molecule is CC1(C)CC(O)CC2=CC=C3C4CCCC4CCC3C21. The molecular formula is C19H28O. The number of allylic oxidation sites excluding steroid dienone is 3. The molecule has 1 nitrogen and oxygen atoms in total. The second-order valence-electron chi connectivity index (χ2n) is 8.42. The largest absolute Gasteiger partial charge is 0.393 e. The molecule has 5 unspecified atom stereocenters. The Hall–Kier alpha value is -0.560. The van der Waals surface area contributed by atoms with Gasteiger partial charge in [-0.15, -0.1) is 0 Å². The van der Waals surface area contributed by atoms with Gasteiger partial charge in [-0.25, -0.2) is 0 Å². The van der Waals surface area contributed by atoms with Gasteiger partial charge in [-0.05, 0) is 67.6 Å². The van der Waals surface area contributed by atoms with Gasteiger partial charge in [0.15, 0.2) is 0 Å². The number of aliphatic hydroxyl groups is 1. The highest BCUT2D eigenvalue weighted by atomic mass is 16.3. The third-order valence-corrected chi connectivity index (χ3v) is 6.73. The van der Waals surface area contributed by atoms with E-state index in [2.05, 4.69) is 26.0 Å².